The highest BCUT2D eigenvalue weighted by Gasteiger charge is 2.16. The number of nitrogens with one attached hydrogen (secondary N) is 1. The Bertz CT molecular complexity index is 907. The molecule has 3 aromatic carbocycles. The van der Waals surface area contributed by atoms with E-state index >= 15 is 0 Å². The fourth-order valence-corrected chi connectivity index (χ4v) is 3.57. The monoisotopic (exact) mass is 351 g/mol. The van der Waals surface area contributed by atoms with E-state index in [4.69, 9.17) is 4.74 Å². The molecule has 0 aliphatic rings. The number of carbonyl (C=O) groups is 1. The molecule has 3 rings (SSSR count). The molecule has 1 unspecified atom stereocenters. The van der Waals surface area contributed by atoms with Crippen molar-refractivity contribution in [1.82, 2.24) is 0 Å². The maximum atomic E-state index is 12.6. The second kappa shape index (κ2) is 7.62. The summed E-state index contributed by atoms with van der Waals surface area (Å²) in [6.07, 6.45) is 0. The zero-order valence-electron chi connectivity index (χ0n) is 14.6. The Morgan fingerprint density at radius 1 is 1.04 bits per heavy atom. The summed E-state index contributed by atoms with van der Waals surface area (Å²) < 4.78 is 5.33. The first-order chi connectivity index (χ1) is 12.1. The first-order valence-corrected chi connectivity index (χ1v) is 9.06. The summed E-state index contributed by atoms with van der Waals surface area (Å²) in [6, 6.07) is 20.2. The largest absolute Gasteiger partial charge is 0.495 e. The lowest BCUT2D eigenvalue weighted by Gasteiger charge is -2.15. The number of hydrogen-bond donors (Lipinski definition) is 1. The average Bonchev–Trinajstić information content (AvgIpc) is 2.61. The molecule has 4 heteroatoms. The second-order valence-corrected chi connectivity index (χ2v) is 7.38. The predicted molar refractivity (Wildman–Crippen MR) is 106 cm³/mol. The molecule has 0 aromatic heterocycles. The lowest BCUT2D eigenvalue weighted by Crippen LogP contribution is -2.22. The molecule has 3 aromatic rings. The molecule has 1 N–H and O–H groups in total. The first-order valence-electron chi connectivity index (χ1n) is 8.18. The van der Waals surface area contributed by atoms with Crippen LogP contribution in [0, 0.1) is 6.92 Å². The summed E-state index contributed by atoms with van der Waals surface area (Å²) >= 11 is 1.55. The Morgan fingerprint density at radius 2 is 1.80 bits per heavy atom. The van der Waals surface area contributed by atoms with Crippen molar-refractivity contribution in [1.29, 1.82) is 0 Å². The average molecular weight is 351 g/mol. The number of methoxy groups -OCH3 is 1. The van der Waals surface area contributed by atoms with Gasteiger partial charge in [0.15, 0.2) is 0 Å². The highest BCUT2D eigenvalue weighted by atomic mass is 32.2. The number of hydrogen-bond acceptors (Lipinski definition) is 3. The molecule has 3 nitrogen and oxygen atoms in total. The van der Waals surface area contributed by atoms with Crippen molar-refractivity contribution in [3.05, 3.63) is 66.2 Å². The fourth-order valence-electron chi connectivity index (χ4n) is 2.65. The maximum absolute atomic E-state index is 12.6. The molecule has 128 valence electrons. The van der Waals surface area contributed by atoms with E-state index in [1.165, 1.54) is 10.8 Å². The molecular weight excluding hydrogens is 330 g/mol. The van der Waals surface area contributed by atoms with Crippen molar-refractivity contribution in [3.8, 4) is 5.75 Å². The standard InChI is InChI=1S/C21H21NO2S/c1-14-8-11-20(24-3)19(12-14)22-21(23)15(2)25-18-10-9-16-6-4-5-7-17(16)13-18/h4-13,15H,1-3H3,(H,22,23). The van der Waals surface area contributed by atoms with Gasteiger partial charge in [0.25, 0.3) is 0 Å². The van der Waals surface area contributed by atoms with Crippen LogP contribution in [0.4, 0.5) is 5.69 Å². The van der Waals surface area contributed by atoms with Crippen LogP contribution in [0.3, 0.4) is 0 Å². The van der Waals surface area contributed by atoms with Gasteiger partial charge in [-0.2, -0.15) is 0 Å². The van der Waals surface area contributed by atoms with Crippen molar-refractivity contribution in [2.75, 3.05) is 12.4 Å². The van der Waals surface area contributed by atoms with E-state index in [1.807, 2.05) is 44.2 Å². The van der Waals surface area contributed by atoms with Crippen LogP contribution in [-0.4, -0.2) is 18.3 Å². The Morgan fingerprint density at radius 3 is 2.56 bits per heavy atom. The minimum absolute atomic E-state index is 0.0398. The molecular formula is C21H21NO2S. The molecule has 0 aliphatic heterocycles. The van der Waals surface area contributed by atoms with E-state index in [1.54, 1.807) is 18.9 Å². The lowest BCUT2D eigenvalue weighted by molar-refractivity contribution is -0.115. The van der Waals surface area contributed by atoms with Crippen LogP contribution in [-0.2, 0) is 4.79 Å². The highest BCUT2D eigenvalue weighted by molar-refractivity contribution is 8.00. The van der Waals surface area contributed by atoms with Gasteiger partial charge in [0.05, 0.1) is 18.0 Å². The molecule has 0 aliphatic carbocycles. The minimum atomic E-state index is -0.216. The molecule has 25 heavy (non-hydrogen) atoms. The molecule has 0 radical (unpaired) electrons. The van der Waals surface area contributed by atoms with Gasteiger partial charge in [-0.25, -0.2) is 0 Å². The van der Waals surface area contributed by atoms with Gasteiger partial charge in [-0.15, -0.1) is 11.8 Å². The number of carbonyl (C=O) groups excluding carboxylic acids is 1. The van der Waals surface area contributed by atoms with Crippen LogP contribution in [0.1, 0.15) is 12.5 Å². The quantitative estimate of drug-likeness (QED) is 0.636. The summed E-state index contributed by atoms with van der Waals surface area (Å²) in [5.41, 5.74) is 1.78. The van der Waals surface area contributed by atoms with Crippen LogP contribution < -0.4 is 10.1 Å². The van der Waals surface area contributed by atoms with Gasteiger partial charge in [-0.3, -0.25) is 4.79 Å². The van der Waals surface area contributed by atoms with Crippen molar-refractivity contribution >= 4 is 34.1 Å². The predicted octanol–water partition coefficient (Wildman–Crippen LogP) is 5.28. The topological polar surface area (TPSA) is 38.3 Å². The molecule has 0 heterocycles. The molecule has 1 atom stereocenters. The second-order valence-electron chi connectivity index (χ2n) is 5.96. The molecule has 0 spiro atoms. The molecule has 0 fully saturated rings. The molecule has 0 bridgehead atoms. The van der Waals surface area contributed by atoms with Gasteiger partial charge in [0.1, 0.15) is 5.75 Å². The third-order valence-electron chi connectivity index (χ3n) is 4.02. The summed E-state index contributed by atoms with van der Waals surface area (Å²) in [6.45, 7) is 3.90. The van der Waals surface area contributed by atoms with Gasteiger partial charge >= 0.3 is 0 Å². The summed E-state index contributed by atoms with van der Waals surface area (Å²) in [5, 5.41) is 5.14. The number of rotatable bonds is 5. The molecule has 1 amide bonds. The number of anilines is 1. The number of fused-ring (bicyclic) bond motifs is 1. The maximum Gasteiger partial charge on any atom is 0.237 e. The van der Waals surface area contributed by atoms with E-state index in [-0.39, 0.29) is 11.2 Å². The summed E-state index contributed by atoms with van der Waals surface area (Å²) in [5.74, 6) is 0.629. The lowest BCUT2D eigenvalue weighted by atomic mass is 10.1. The van der Waals surface area contributed by atoms with E-state index in [0.717, 1.165) is 10.5 Å². The first kappa shape index (κ1) is 17.4. The van der Waals surface area contributed by atoms with Gasteiger partial charge in [0, 0.05) is 4.90 Å². The Hall–Kier alpha value is -2.46. The van der Waals surface area contributed by atoms with Crippen molar-refractivity contribution in [2.45, 2.75) is 24.0 Å². The Labute approximate surface area is 152 Å². The third-order valence-corrected chi connectivity index (χ3v) is 5.11. The SMILES string of the molecule is COc1ccc(C)cc1NC(=O)C(C)Sc1ccc2ccccc2c1. The number of ether oxygens (including phenoxy) is 1. The van der Waals surface area contributed by atoms with Gasteiger partial charge < -0.3 is 10.1 Å². The fraction of sp³-hybridized carbons (Fsp3) is 0.190. The van der Waals surface area contributed by atoms with Gasteiger partial charge in [-0.05, 0) is 54.4 Å². The zero-order chi connectivity index (χ0) is 17.8. The third kappa shape index (κ3) is 4.15. The Kier molecular flexibility index (Phi) is 5.29. The highest BCUT2D eigenvalue weighted by Crippen LogP contribution is 2.29. The van der Waals surface area contributed by atoms with E-state index in [0.29, 0.717) is 11.4 Å². The number of aryl methyl sites for hydroxylation is 1. The number of benzene rings is 3. The Balaban J connectivity index is 1.72. The number of amides is 1. The van der Waals surface area contributed by atoms with E-state index < -0.39 is 0 Å². The zero-order valence-corrected chi connectivity index (χ0v) is 15.4. The normalized spacial score (nSPS) is 12.0. The molecule has 0 saturated heterocycles. The van der Waals surface area contributed by atoms with Crippen LogP contribution in [0.5, 0.6) is 5.75 Å². The van der Waals surface area contributed by atoms with Crippen LogP contribution in [0.25, 0.3) is 10.8 Å². The van der Waals surface area contributed by atoms with Gasteiger partial charge in [0.2, 0.25) is 5.91 Å². The number of thioether (sulfide) groups is 1. The van der Waals surface area contributed by atoms with Crippen LogP contribution in [0.15, 0.2) is 65.6 Å². The minimum Gasteiger partial charge on any atom is -0.495 e. The van der Waals surface area contributed by atoms with Crippen molar-refractivity contribution < 1.29 is 9.53 Å². The van der Waals surface area contributed by atoms with E-state index in [9.17, 15) is 4.79 Å². The smallest absolute Gasteiger partial charge is 0.237 e. The van der Waals surface area contributed by atoms with Crippen LogP contribution in [0.2, 0.25) is 0 Å². The van der Waals surface area contributed by atoms with Gasteiger partial charge in [-0.1, -0.05) is 36.4 Å². The van der Waals surface area contributed by atoms with Crippen molar-refractivity contribution in [3.63, 3.8) is 0 Å². The summed E-state index contributed by atoms with van der Waals surface area (Å²) in [4.78, 5) is 13.7. The van der Waals surface area contributed by atoms with Crippen LogP contribution >= 0.6 is 11.8 Å². The van der Waals surface area contributed by atoms with Crippen molar-refractivity contribution in [2.24, 2.45) is 0 Å². The molecule has 0 saturated carbocycles. The van der Waals surface area contributed by atoms with E-state index in [2.05, 4.69) is 35.6 Å². The summed E-state index contributed by atoms with van der Waals surface area (Å²) in [7, 11) is 1.60.